The minimum absolute atomic E-state index is 0.183. The van der Waals surface area contributed by atoms with Crippen molar-refractivity contribution in [3.8, 4) is 0 Å². The van der Waals surface area contributed by atoms with Crippen molar-refractivity contribution in [3.63, 3.8) is 0 Å². The van der Waals surface area contributed by atoms with Crippen molar-refractivity contribution in [2.45, 2.75) is 30.7 Å². The van der Waals surface area contributed by atoms with Crippen LogP contribution in [0.3, 0.4) is 0 Å². The maximum atomic E-state index is 13.6. The third-order valence-electron chi connectivity index (χ3n) is 3.28. The van der Waals surface area contributed by atoms with E-state index in [2.05, 4.69) is 5.32 Å². The Bertz CT molecular complexity index is 556. The molecule has 3 nitrogen and oxygen atoms in total. The molecule has 106 valence electrons. The topological polar surface area (TPSA) is 46.2 Å². The molecule has 0 aliphatic heterocycles. The highest BCUT2D eigenvalue weighted by molar-refractivity contribution is 7.91. The van der Waals surface area contributed by atoms with Crippen LogP contribution in [0.1, 0.15) is 19.8 Å². The number of rotatable bonds is 6. The summed E-state index contributed by atoms with van der Waals surface area (Å²) in [5.74, 6) is -1.50. The third-order valence-corrected chi connectivity index (χ3v) is 5.07. The van der Waals surface area contributed by atoms with Gasteiger partial charge in [-0.1, -0.05) is 6.92 Å². The van der Waals surface area contributed by atoms with E-state index in [1.165, 1.54) is 0 Å². The summed E-state index contributed by atoms with van der Waals surface area (Å²) in [7, 11) is -3.82. The average Bonchev–Trinajstić information content (AvgIpc) is 3.15. The molecule has 1 unspecified atom stereocenters. The fourth-order valence-corrected chi connectivity index (χ4v) is 3.86. The first-order valence-corrected chi connectivity index (χ1v) is 8.00. The van der Waals surface area contributed by atoms with Gasteiger partial charge in [-0.05, 0) is 43.5 Å². The van der Waals surface area contributed by atoms with Gasteiger partial charge in [-0.2, -0.15) is 0 Å². The highest BCUT2D eigenvalue weighted by Gasteiger charge is 2.35. The van der Waals surface area contributed by atoms with Crippen LogP contribution in [0.25, 0.3) is 0 Å². The number of halogens is 2. The fourth-order valence-electron chi connectivity index (χ4n) is 2.16. The van der Waals surface area contributed by atoms with Crippen LogP contribution in [0.5, 0.6) is 0 Å². The van der Waals surface area contributed by atoms with Crippen molar-refractivity contribution in [3.05, 3.63) is 29.8 Å². The van der Waals surface area contributed by atoms with Gasteiger partial charge in [-0.25, -0.2) is 17.2 Å². The zero-order chi connectivity index (χ0) is 14.0. The first kappa shape index (κ1) is 14.4. The van der Waals surface area contributed by atoms with Crippen LogP contribution in [0, 0.1) is 17.6 Å². The molecule has 1 atom stereocenters. The van der Waals surface area contributed by atoms with E-state index >= 15 is 0 Å². The minimum Gasteiger partial charge on any atom is -0.313 e. The Morgan fingerprint density at radius 3 is 2.63 bits per heavy atom. The van der Waals surface area contributed by atoms with Gasteiger partial charge in [0, 0.05) is 6.04 Å². The van der Waals surface area contributed by atoms with Crippen molar-refractivity contribution in [2.75, 3.05) is 12.3 Å². The Morgan fingerprint density at radius 2 is 2.05 bits per heavy atom. The number of hydrogen-bond donors (Lipinski definition) is 1. The maximum Gasteiger partial charge on any atom is 0.182 e. The van der Waals surface area contributed by atoms with Crippen LogP contribution in [0.2, 0.25) is 0 Å². The average molecular weight is 289 g/mol. The van der Waals surface area contributed by atoms with E-state index < -0.39 is 26.4 Å². The molecule has 0 radical (unpaired) electrons. The van der Waals surface area contributed by atoms with E-state index in [9.17, 15) is 17.2 Å². The van der Waals surface area contributed by atoms with Crippen molar-refractivity contribution in [1.82, 2.24) is 5.32 Å². The molecule has 1 N–H and O–H groups in total. The Hall–Kier alpha value is -1.01. The number of benzene rings is 1. The van der Waals surface area contributed by atoms with Crippen LogP contribution in [0.15, 0.2) is 23.1 Å². The molecule has 1 saturated carbocycles. The molecule has 0 bridgehead atoms. The highest BCUT2D eigenvalue weighted by atomic mass is 32.2. The van der Waals surface area contributed by atoms with E-state index in [1.54, 1.807) is 0 Å². The molecular weight excluding hydrogens is 272 g/mol. The highest BCUT2D eigenvalue weighted by Crippen LogP contribution is 2.34. The summed E-state index contributed by atoms with van der Waals surface area (Å²) >= 11 is 0. The van der Waals surface area contributed by atoms with Crippen LogP contribution >= 0.6 is 0 Å². The molecule has 1 aliphatic carbocycles. The Kier molecular flexibility index (Phi) is 4.20. The summed E-state index contributed by atoms with van der Waals surface area (Å²) in [6.45, 7) is 2.55. The third kappa shape index (κ3) is 3.51. The number of hydrogen-bond acceptors (Lipinski definition) is 3. The van der Waals surface area contributed by atoms with E-state index in [0.29, 0.717) is 12.5 Å². The molecule has 1 fully saturated rings. The molecule has 0 saturated heterocycles. The predicted molar refractivity (Wildman–Crippen MR) is 68.6 cm³/mol. The van der Waals surface area contributed by atoms with Crippen molar-refractivity contribution < 1.29 is 17.2 Å². The van der Waals surface area contributed by atoms with Gasteiger partial charge >= 0.3 is 0 Å². The molecule has 1 aliphatic rings. The monoisotopic (exact) mass is 289 g/mol. The van der Waals surface area contributed by atoms with Gasteiger partial charge < -0.3 is 5.32 Å². The van der Waals surface area contributed by atoms with Crippen molar-refractivity contribution >= 4 is 9.84 Å². The van der Waals surface area contributed by atoms with Gasteiger partial charge in [0.15, 0.2) is 9.84 Å². The van der Waals surface area contributed by atoms with E-state index in [4.69, 9.17) is 0 Å². The summed E-state index contributed by atoms with van der Waals surface area (Å²) in [4.78, 5) is -0.545. The second kappa shape index (κ2) is 5.54. The lowest BCUT2D eigenvalue weighted by Gasteiger charge is -2.17. The normalized spacial score (nSPS) is 17.4. The summed E-state index contributed by atoms with van der Waals surface area (Å²) in [6, 6.07) is 2.33. The fraction of sp³-hybridized carbons (Fsp3) is 0.538. The molecule has 2 rings (SSSR count). The largest absolute Gasteiger partial charge is 0.313 e. The smallest absolute Gasteiger partial charge is 0.182 e. The quantitative estimate of drug-likeness (QED) is 0.872. The molecule has 0 aromatic heterocycles. The SMILES string of the molecule is CCNC(CS(=O)(=O)c1cc(F)ccc1F)C1CC1. The van der Waals surface area contributed by atoms with Crippen LogP contribution in [0.4, 0.5) is 8.78 Å². The Labute approximate surface area is 111 Å². The van der Waals surface area contributed by atoms with Crippen LogP contribution < -0.4 is 5.32 Å². The van der Waals surface area contributed by atoms with E-state index in [1.807, 2.05) is 6.92 Å². The summed E-state index contributed by atoms with van der Waals surface area (Å²) in [5, 5.41) is 3.11. The molecule has 1 aromatic carbocycles. The summed E-state index contributed by atoms with van der Waals surface area (Å²) < 4.78 is 51.0. The first-order valence-electron chi connectivity index (χ1n) is 6.35. The van der Waals surface area contributed by atoms with Gasteiger partial charge in [0.05, 0.1) is 5.75 Å². The Morgan fingerprint density at radius 1 is 1.37 bits per heavy atom. The lowest BCUT2D eigenvalue weighted by molar-refractivity contribution is 0.498. The van der Waals surface area contributed by atoms with E-state index in [-0.39, 0.29) is 11.8 Å². The van der Waals surface area contributed by atoms with Gasteiger partial charge in [0.2, 0.25) is 0 Å². The predicted octanol–water partition coefficient (Wildman–Crippen LogP) is 2.13. The van der Waals surface area contributed by atoms with Gasteiger partial charge in [-0.15, -0.1) is 0 Å². The second-order valence-electron chi connectivity index (χ2n) is 4.86. The van der Waals surface area contributed by atoms with Crippen LogP contribution in [-0.4, -0.2) is 26.8 Å². The molecule has 0 heterocycles. The standard InChI is InChI=1S/C13H17F2NO2S/c1-2-16-12(9-3-4-9)8-19(17,18)13-7-10(14)5-6-11(13)15/h5-7,9,12,16H,2-4,8H2,1H3. The van der Waals surface area contributed by atoms with Crippen molar-refractivity contribution in [1.29, 1.82) is 0 Å². The second-order valence-corrected chi connectivity index (χ2v) is 6.86. The minimum atomic E-state index is -3.82. The molecule has 0 spiro atoms. The van der Waals surface area contributed by atoms with Gasteiger partial charge in [0.1, 0.15) is 16.5 Å². The number of sulfone groups is 1. The molecule has 6 heteroatoms. The zero-order valence-corrected chi connectivity index (χ0v) is 11.5. The maximum absolute atomic E-state index is 13.6. The van der Waals surface area contributed by atoms with E-state index in [0.717, 1.165) is 31.0 Å². The molecule has 0 amide bonds. The lowest BCUT2D eigenvalue weighted by Crippen LogP contribution is -2.37. The molecular formula is C13H17F2NO2S. The summed E-state index contributed by atoms with van der Waals surface area (Å²) in [5.41, 5.74) is 0. The zero-order valence-electron chi connectivity index (χ0n) is 10.7. The lowest BCUT2D eigenvalue weighted by atomic mass is 10.2. The summed E-state index contributed by atoms with van der Waals surface area (Å²) in [6.07, 6.45) is 1.97. The van der Waals surface area contributed by atoms with Gasteiger partial charge in [0.25, 0.3) is 0 Å². The molecule has 19 heavy (non-hydrogen) atoms. The van der Waals surface area contributed by atoms with Crippen LogP contribution in [-0.2, 0) is 9.84 Å². The molecule has 1 aromatic rings. The first-order chi connectivity index (χ1) is 8.94. The van der Waals surface area contributed by atoms with Gasteiger partial charge in [-0.3, -0.25) is 0 Å². The Balaban J connectivity index is 2.23. The van der Waals surface area contributed by atoms with Crippen molar-refractivity contribution in [2.24, 2.45) is 5.92 Å². The number of nitrogens with one attached hydrogen (secondary N) is 1.